The molecule has 3 nitrogen and oxygen atoms in total. The Balaban J connectivity index is 2.60. The van der Waals surface area contributed by atoms with Gasteiger partial charge in [0.1, 0.15) is 5.52 Å². The molecule has 0 radical (unpaired) electrons. The summed E-state index contributed by atoms with van der Waals surface area (Å²) in [6.45, 7) is 4.34. The molecular formula is C10H12N2O. The van der Waals surface area contributed by atoms with Gasteiger partial charge in [-0.2, -0.15) is 0 Å². The molecule has 1 aromatic carbocycles. The molecule has 1 atom stereocenters. The first-order valence-corrected chi connectivity index (χ1v) is 4.54. The van der Waals surface area contributed by atoms with Crippen LogP contribution in [-0.4, -0.2) is 10.4 Å². The summed E-state index contributed by atoms with van der Waals surface area (Å²) < 4.78 is 5.11. The Bertz CT molecular complexity index is 408. The van der Waals surface area contributed by atoms with Gasteiger partial charge in [-0.05, 0) is 18.4 Å². The fraction of sp³-hybridized carbons (Fsp3) is 0.400. The molecule has 0 fully saturated rings. The first-order chi connectivity index (χ1) is 6.33. The van der Waals surface area contributed by atoms with Crippen LogP contribution in [0.5, 0.6) is 0 Å². The topological polar surface area (TPSA) is 38.9 Å². The molecule has 68 valence electrons. The molecule has 0 aliphatic heterocycles. The van der Waals surface area contributed by atoms with Gasteiger partial charge >= 0.3 is 0 Å². The van der Waals surface area contributed by atoms with E-state index in [1.54, 1.807) is 0 Å². The SMILES string of the molecule is CCC(C)c1cccc2nnoc12. The van der Waals surface area contributed by atoms with Gasteiger partial charge < -0.3 is 4.52 Å². The van der Waals surface area contributed by atoms with Crippen LogP contribution >= 0.6 is 0 Å². The van der Waals surface area contributed by atoms with Crippen molar-refractivity contribution in [2.24, 2.45) is 0 Å². The third-order valence-corrected chi connectivity index (χ3v) is 2.45. The first kappa shape index (κ1) is 8.23. The number of benzene rings is 1. The number of fused-ring (bicyclic) bond motifs is 1. The number of para-hydroxylation sites is 1. The second-order valence-corrected chi connectivity index (χ2v) is 3.28. The van der Waals surface area contributed by atoms with E-state index in [0.29, 0.717) is 5.92 Å². The Morgan fingerprint density at radius 1 is 1.46 bits per heavy atom. The van der Waals surface area contributed by atoms with Crippen LogP contribution in [0.15, 0.2) is 22.7 Å². The average molecular weight is 176 g/mol. The van der Waals surface area contributed by atoms with E-state index in [2.05, 4.69) is 30.3 Å². The summed E-state index contributed by atoms with van der Waals surface area (Å²) in [7, 11) is 0. The molecule has 13 heavy (non-hydrogen) atoms. The van der Waals surface area contributed by atoms with E-state index in [9.17, 15) is 0 Å². The summed E-state index contributed by atoms with van der Waals surface area (Å²) in [6.07, 6.45) is 1.10. The minimum atomic E-state index is 0.499. The zero-order chi connectivity index (χ0) is 9.26. The standard InChI is InChI=1S/C10H12N2O/c1-3-7(2)8-5-4-6-9-10(8)13-12-11-9/h4-7H,3H2,1-2H3. The highest BCUT2D eigenvalue weighted by Gasteiger charge is 2.11. The van der Waals surface area contributed by atoms with E-state index < -0.39 is 0 Å². The lowest BCUT2D eigenvalue weighted by Crippen LogP contribution is -1.91. The predicted octanol–water partition coefficient (Wildman–Crippen LogP) is 2.74. The zero-order valence-corrected chi connectivity index (χ0v) is 7.82. The Labute approximate surface area is 76.7 Å². The summed E-state index contributed by atoms with van der Waals surface area (Å²) in [4.78, 5) is 0. The normalized spacial score (nSPS) is 13.4. The molecule has 0 aliphatic rings. The summed E-state index contributed by atoms with van der Waals surface area (Å²) in [5.41, 5.74) is 2.87. The maximum atomic E-state index is 5.11. The second-order valence-electron chi connectivity index (χ2n) is 3.28. The van der Waals surface area contributed by atoms with Gasteiger partial charge in [0, 0.05) is 10.8 Å². The van der Waals surface area contributed by atoms with Crippen molar-refractivity contribution in [3.8, 4) is 0 Å². The van der Waals surface area contributed by atoms with Crippen LogP contribution in [-0.2, 0) is 0 Å². The summed E-state index contributed by atoms with van der Waals surface area (Å²) in [5.74, 6) is 0.499. The fourth-order valence-corrected chi connectivity index (χ4v) is 1.43. The van der Waals surface area contributed by atoms with E-state index in [1.807, 2.05) is 12.1 Å². The van der Waals surface area contributed by atoms with Gasteiger partial charge in [-0.1, -0.05) is 26.0 Å². The van der Waals surface area contributed by atoms with E-state index in [0.717, 1.165) is 17.5 Å². The molecule has 1 heterocycles. The van der Waals surface area contributed by atoms with Crippen molar-refractivity contribution in [2.75, 3.05) is 0 Å². The maximum absolute atomic E-state index is 5.11. The Kier molecular flexibility index (Phi) is 2.00. The van der Waals surface area contributed by atoms with Gasteiger partial charge in [-0.25, -0.2) is 0 Å². The van der Waals surface area contributed by atoms with Gasteiger partial charge in [-0.15, -0.1) is 5.10 Å². The molecule has 0 N–H and O–H groups in total. The van der Waals surface area contributed by atoms with Crippen molar-refractivity contribution >= 4 is 11.1 Å². The monoisotopic (exact) mass is 176 g/mol. The van der Waals surface area contributed by atoms with Crippen LogP contribution < -0.4 is 0 Å². The minimum absolute atomic E-state index is 0.499. The quantitative estimate of drug-likeness (QED) is 0.706. The van der Waals surface area contributed by atoms with Crippen LogP contribution in [0.3, 0.4) is 0 Å². The van der Waals surface area contributed by atoms with Gasteiger partial charge in [0.15, 0.2) is 5.58 Å². The zero-order valence-electron chi connectivity index (χ0n) is 7.82. The summed E-state index contributed by atoms with van der Waals surface area (Å²) in [6, 6.07) is 5.98. The molecule has 0 saturated heterocycles. The van der Waals surface area contributed by atoms with Gasteiger partial charge in [0.05, 0.1) is 0 Å². The third-order valence-electron chi connectivity index (χ3n) is 2.45. The summed E-state index contributed by atoms with van der Waals surface area (Å²) in [5, 5.41) is 7.43. The lowest BCUT2D eigenvalue weighted by Gasteiger charge is -2.07. The van der Waals surface area contributed by atoms with Crippen LogP contribution in [0.4, 0.5) is 0 Å². The smallest absolute Gasteiger partial charge is 0.190 e. The first-order valence-electron chi connectivity index (χ1n) is 4.54. The Morgan fingerprint density at radius 3 is 3.08 bits per heavy atom. The molecule has 2 aromatic rings. The van der Waals surface area contributed by atoms with Gasteiger partial charge in [-0.3, -0.25) is 0 Å². The number of hydrogen-bond donors (Lipinski definition) is 0. The van der Waals surface area contributed by atoms with E-state index in [4.69, 9.17) is 4.52 Å². The third kappa shape index (κ3) is 1.30. The molecule has 3 heteroatoms. The molecular weight excluding hydrogens is 164 g/mol. The van der Waals surface area contributed by atoms with Crippen molar-refractivity contribution in [1.29, 1.82) is 0 Å². The lowest BCUT2D eigenvalue weighted by molar-refractivity contribution is 0.420. The maximum Gasteiger partial charge on any atom is 0.190 e. The molecule has 2 rings (SSSR count). The van der Waals surface area contributed by atoms with Gasteiger partial charge in [0.2, 0.25) is 0 Å². The molecule has 0 amide bonds. The van der Waals surface area contributed by atoms with Crippen LogP contribution in [0.1, 0.15) is 31.7 Å². The van der Waals surface area contributed by atoms with Crippen LogP contribution in [0.25, 0.3) is 11.1 Å². The van der Waals surface area contributed by atoms with E-state index in [-0.39, 0.29) is 0 Å². The van der Waals surface area contributed by atoms with Crippen molar-refractivity contribution in [1.82, 2.24) is 10.4 Å². The average Bonchev–Trinajstić information content (AvgIpc) is 2.63. The predicted molar refractivity (Wildman–Crippen MR) is 50.5 cm³/mol. The molecule has 0 spiro atoms. The number of nitrogens with zero attached hydrogens (tertiary/aromatic N) is 2. The molecule has 0 bridgehead atoms. The highest BCUT2D eigenvalue weighted by molar-refractivity contribution is 5.75. The molecule has 0 aliphatic carbocycles. The van der Waals surface area contributed by atoms with E-state index >= 15 is 0 Å². The minimum Gasteiger partial charge on any atom is -0.337 e. The Hall–Kier alpha value is -1.38. The Morgan fingerprint density at radius 2 is 2.31 bits per heavy atom. The highest BCUT2D eigenvalue weighted by atomic mass is 16.5. The highest BCUT2D eigenvalue weighted by Crippen LogP contribution is 2.25. The van der Waals surface area contributed by atoms with E-state index in [1.165, 1.54) is 5.56 Å². The largest absolute Gasteiger partial charge is 0.337 e. The summed E-state index contributed by atoms with van der Waals surface area (Å²) >= 11 is 0. The van der Waals surface area contributed by atoms with Crippen molar-refractivity contribution in [3.05, 3.63) is 23.8 Å². The molecule has 1 unspecified atom stereocenters. The lowest BCUT2D eigenvalue weighted by atomic mass is 9.98. The van der Waals surface area contributed by atoms with Gasteiger partial charge in [0.25, 0.3) is 0 Å². The van der Waals surface area contributed by atoms with Crippen molar-refractivity contribution in [3.63, 3.8) is 0 Å². The fourth-order valence-electron chi connectivity index (χ4n) is 1.43. The van der Waals surface area contributed by atoms with Crippen LogP contribution in [0.2, 0.25) is 0 Å². The molecule has 0 saturated carbocycles. The van der Waals surface area contributed by atoms with Crippen molar-refractivity contribution in [2.45, 2.75) is 26.2 Å². The number of hydrogen-bond acceptors (Lipinski definition) is 3. The number of aromatic nitrogens is 2. The molecule has 1 aromatic heterocycles. The second kappa shape index (κ2) is 3.17. The number of rotatable bonds is 2. The van der Waals surface area contributed by atoms with Crippen LogP contribution in [0, 0.1) is 0 Å². The van der Waals surface area contributed by atoms with Crippen molar-refractivity contribution < 1.29 is 4.52 Å².